The van der Waals surface area contributed by atoms with E-state index < -0.39 is 0 Å². The molecule has 2 rings (SSSR count). The summed E-state index contributed by atoms with van der Waals surface area (Å²) in [5.41, 5.74) is 0.927. The van der Waals surface area contributed by atoms with E-state index in [1.54, 1.807) is 12.1 Å². The molecule has 6 heteroatoms. The fourth-order valence-electron chi connectivity index (χ4n) is 1.55. The van der Waals surface area contributed by atoms with Crippen LogP contribution in [0, 0.1) is 0 Å². The van der Waals surface area contributed by atoms with Gasteiger partial charge in [-0.2, -0.15) is 0 Å². The summed E-state index contributed by atoms with van der Waals surface area (Å²) in [6.45, 7) is 1.97. The lowest BCUT2D eigenvalue weighted by molar-refractivity contribution is 0.872. The van der Waals surface area contributed by atoms with Crippen molar-refractivity contribution in [3.05, 3.63) is 51.4 Å². The maximum atomic E-state index is 6.14. The normalized spacial score (nSPS) is 12.2. The molecule has 18 heavy (non-hydrogen) atoms. The van der Waals surface area contributed by atoms with Crippen LogP contribution in [0.25, 0.3) is 0 Å². The molecular weight excluding hydrogens is 293 g/mol. The predicted molar refractivity (Wildman–Crippen MR) is 75.5 cm³/mol. The van der Waals surface area contributed by atoms with E-state index >= 15 is 0 Å². The Bertz CT molecular complexity index is 560. The van der Waals surface area contributed by atoms with E-state index in [-0.39, 0.29) is 6.04 Å². The molecular formula is C12H10Cl3N3. The Morgan fingerprint density at radius 1 is 1.17 bits per heavy atom. The Morgan fingerprint density at radius 2 is 1.94 bits per heavy atom. The molecule has 0 bridgehead atoms. The lowest BCUT2D eigenvalue weighted by Gasteiger charge is -2.16. The van der Waals surface area contributed by atoms with E-state index in [9.17, 15) is 0 Å². The summed E-state index contributed by atoms with van der Waals surface area (Å²) < 4.78 is 0. The van der Waals surface area contributed by atoms with Crippen LogP contribution in [0.15, 0.2) is 30.7 Å². The van der Waals surface area contributed by atoms with Gasteiger partial charge in [-0.05, 0) is 24.6 Å². The minimum absolute atomic E-state index is 0.0397. The number of benzene rings is 1. The van der Waals surface area contributed by atoms with Crippen LogP contribution >= 0.6 is 34.8 Å². The molecule has 1 aromatic carbocycles. The molecule has 0 saturated heterocycles. The van der Waals surface area contributed by atoms with Gasteiger partial charge in [-0.15, -0.1) is 0 Å². The number of aromatic nitrogens is 2. The molecule has 3 nitrogen and oxygen atoms in total. The van der Waals surface area contributed by atoms with Crippen LogP contribution in [-0.4, -0.2) is 9.97 Å². The fourth-order valence-corrected chi connectivity index (χ4v) is 2.29. The van der Waals surface area contributed by atoms with Crippen LogP contribution in [0.5, 0.6) is 0 Å². The summed E-state index contributed by atoms with van der Waals surface area (Å²) in [7, 11) is 0. The van der Waals surface area contributed by atoms with Gasteiger partial charge in [0.2, 0.25) is 0 Å². The lowest BCUT2D eigenvalue weighted by Crippen LogP contribution is -2.09. The van der Waals surface area contributed by atoms with Gasteiger partial charge in [0.25, 0.3) is 0 Å². The van der Waals surface area contributed by atoms with Crippen molar-refractivity contribution in [1.82, 2.24) is 9.97 Å². The first kappa shape index (κ1) is 13.4. The Hall–Kier alpha value is -1.03. The Balaban J connectivity index is 2.22. The zero-order valence-corrected chi connectivity index (χ0v) is 11.8. The first-order valence-corrected chi connectivity index (χ1v) is 6.38. The second kappa shape index (κ2) is 5.74. The van der Waals surface area contributed by atoms with E-state index in [1.165, 1.54) is 12.5 Å². The van der Waals surface area contributed by atoms with Gasteiger partial charge in [-0.1, -0.05) is 40.9 Å². The van der Waals surface area contributed by atoms with Crippen LogP contribution < -0.4 is 5.32 Å². The van der Waals surface area contributed by atoms with Gasteiger partial charge in [0.05, 0.1) is 12.2 Å². The van der Waals surface area contributed by atoms with Crippen molar-refractivity contribution < 1.29 is 0 Å². The third-order valence-corrected chi connectivity index (χ3v) is 3.29. The number of nitrogens with one attached hydrogen (secondary N) is 1. The fraction of sp³-hybridized carbons (Fsp3) is 0.167. The van der Waals surface area contributed by atoms with Gasteiger partial charge >= 0.3 is 0 Å². The SMILES string of the molecule is CC(Nc1ncncc1Cl)c1ccc(Cl)cc1Cl. The molecule has 0 radical (unpaired) electrons. The maximum Gasteiger partial charge on any atom is 0.148 e. The van der Waals surface area contributed by atoms with Crippen molar-refractivity contribution in [1.29, 1.82) is 0 Å². The van der Waals surface area contributed by atoms with Gasteiger partial charge in [-0.25, -0.2) is 9.97 Å². The van der Waals surface area contributed by atoms with Crippen molar-refractivity contribution in [3.63, 3.8) is 0 Å². The number of hydrogen-bond donors (Lipinski definition) is 1. The van der Waals surface area contributed by atoms with Crippen LogP contribution in [-0.2, 0) is 0 Å². The summed E-state index contributed by atoms with van der Waals surface area (Å²) in [5.74, 6) is 0.574. The van der Waals surface area contributed by atoms with Crippen molar-refractivity contribution in [2.45, 2.75) is 13.0 Å². The molecule has 0 aliphatic carbocycles. The minimum Gasteiger partial charge on any atom is -0.362 e. The molecule has 0 amide bonds. The Labute approximate surface area is 120 Å². The first-order chi connectivity index (χ1) is 8.58. The molecule has 1 N–H and O–H groups in total. The van der Waals surface area contributed by atoms with Crippen molar-refractivity contribution in [3.8, 4) is 0 Å². The monoisotopic (exact) mass is 301 g/mol. The maximum absolute atomic E-state index is 6.14. The summed E-state index contributed by atoms with van der Waals surface area (Å²) >= 11 is 18.0. The van der Waals surface area contributed by atoms with E-state index in [0.717, 1.165) is 5.56 Å². The van der Waals surface area contributed by atoms with Gasteiger partial charge in [0.15, 0.2) is 0 Å². The molecule has 1 unspecified atom stereocenters. The van der Waals surface area contributed by atoms with E-state index in [4.69, 9.17) is 34.8 Å². The molecule has 0 aliphatic heterocycles. The highest BCUT2D eigenvalue weighted by molar-refractivity contribution is 6.35. The van der Waals surface area contributed by atoms with Gasteiger partial charge < -0.3 is 5.32 Å². The molecule has 0 fully saturated rings. The van der Waals surface area contributed by atoms with E-state index in [2.05, 4.69) is 15.3 Å². The Morgan fingerprint density at radius 3 is 2.61 bits per heavy atom. The number of hydrogen-bond acceptors (Lipinski definition) is 3. The quantitative estimate of drug-likeness (QED) is 0.899. The van der Waals surface area contributed by atoms with Crippen molar-refractivity contribution in [2.24, 2.45) is 0 Å². The highest BCUT2D eigenvalue weighted by Crippen LogP contribution is 2.29. The second-order valence-electron chi connectivity index (χ2n) is 3.75. The molecule has 0 saturated carbocycles. The number of anilines is 1. The standard InChI is InChI=1S/C12H10Cl3N3/c1-7(9-3-2-8(13)4-10(9)14)18-12-11(15)5-16-6-17-12/h2-7H,1H3,(H,16,17,18). The molecule has 1 atom stereocenters. The third-order valence-electron chi connectivity index (χ3n) is 2.45. The summed E-state index contributed by atoms with van der Waals surface area (Å²) in [4.78, 5) is 7.90. The highest BCUT2D eigenvalue weighted by Gasteiger charge is 2.12. The predicted octanol–water partition coefficient (Wildman–Crippen LogP) is 4.61. The van der Waals surface area contributed by atoms with Crippen molar-refractivity contribution in [2.75, 3.05) is 5.32 Å². The molecule has 94 valence electrons. The topological polar surface area (TPSA) is 37.8 Å². The zero-order chi connectivity index (χ0) is 13.1. The Kier molecular flexibility index (Phi) is 4.27. The lowest BCUT2D eigenvalue weighted by atomic mass is 10.1. The summed E-state index contributed by atoms with van der Waals surface area (Å²) in [5, 5.41) is 4.85. The second-order valence-corrected chi connectivity index (χ2v) is 5.00. The number of halogens is 3. The van der Waals surface area contributed by atoms with E-state index in [1.807, 2.05) is 13.0 Å². The number of rotatable bonds is 3. The summed E-state index contributed by atoms with van der Waals surface area (Å²) in [6, 6.07) is 5.33. The first-order valence-electron chi connectivity index (χ1n) is 5.25. The van der Waals surface area contributed by atoms with Gasteiger partial charge in [-0.3, -0.25) is 0 Å². The summed E-state index contributed by atoms with van der Waals surface area (Å²) in [6.07, 6.45) is 2.97. The molecule has 0 spiro atoms. The average molecular weight is 303 g/mol. The minimum atomic E-state index is -0.0397. The van der Waals surface area contributed by atoms with Crippen LogP contribution in [0.4, 0.5) is 5.82 Å². The smallest absolute Gasteiger partial charge is 0.148 e. The van der Waals surface area contributed by atoms with Gasteiger partial charge in [0, 0.05) is 10.0 Å². The van der Waals surface area contributed by atoms with Crippen LogP contribution in [0.3, 0.4) is 0 Å². The van der Waals surface area contributed by atoms with Crippen LogP contribution in [0.2, 0.25) is 15.1 Å². The van der Waals surface area contributed by atoms with Crippen LogP contribution in [0.1, 0.15) is 18.5 Å². The largest absolute Gasteiger partial charge is 0.362 e. The third kappa shape index (κ3) is 3.05. The molecule has 1 heterocycles. The zero-order valence-electron chi connectivity index (χ0n) is 9.49. The highest BCUT2D eigenvalue weighted by atomic mass is 35.5. The van der Waals surface area contributed by atoms with Crippen molar-refractivity contribution >= 4 is 40.6 Å². The molecule has 1 aromatic heterocycles. The van der Waals surface area contributed by atoms with Gasteiger partial charge in [0.1, 0.15) is 17.2 Å². The van der Waals surface area contributed by atoms with E-state index in [0.29, 0.717) is 20.9 Å². The number of nitrogens with zero attached hydrogens (tertiary/aromatic N) is 2. The average Bonchev–Trinajstić information content (AvgIpc) is 2.32. The molecule has 0 aliphatic rings. The molecule has 2 aromatic rings.